The smallest absolute Gasteiger partial charge is 0.430 e. The first-order valence-corrected chi connectivity index (χ1v) is 7.62. The number of carboxylic acids is 1. The van der Waals surface area contributed by atoms with Gasteiger partial charge >= 0.3 is 12.1 Å². The van der Waals surface area contributed by atoms with Crippen molar-refractivity contribution in [2.75, 3.05) is 0 Å². The topological polar surface area (TPSA) is 46.5 Å². The van der Waals surface area contributed by atoms with Gasteiger partial charge in [-0.3, -0.25) is 0 Å². The molecule has 1 atom stereocenters. The lowest BCUT2D eigenvalue weighted by Crippen LogP contribution is -2.40. The number of benzene rings is 2. The highest BCUT2D eigenvalue weighted by molar-refractivity contribution is 5.95. The Hall–Kier alpha value is -2.76. The first-order valence-electron chi connectivity index (χ1n) is 7.62. The van der Waals surface area contributed by atoms with Crippen molar-refractivity contribution in [1.82, 2.24) is 0 Å². The van der Waals surface area contributed by atoms with Crippen molar-refractivity contribution in [3.8, 4) is 5.75 Å². The van der Waals surface area contributed by atoms with Crippen LogP contribution < -0.4 is 4.74 Å². The van der Waals surface area contributed by atoms with Crippen LogP contribution in [0.25, 0.3) is 6.08 Å². The minimum absolute atomic E-state index is 0.0840. The second kappa shape index (κ2) is 6.27. The highest BCUT2D eigenvalue weighted by Gasteiger charge is 2.48. The number of hydrogen-bond acceptors (Lipinski definition) is 2. The minimum Gasteiger partial charge on any atom is -0.478 e. The molecular formula is C19H15F3O3. The van der Waals surface area contributed by atoms with E-state index in [1.54, 1.807) is 19.1 Å². The lowest BCUT2D eigenvalue weighted by atomic mass is 9.94. The van der Waals surface area contributed by atoms with Gasteiger partial charge in [-0.1, -0.05) is 42.5 Å². The van der Waals surface area contributed by atoms with Crippen LogP contribution in [0.5, 0.6) is 5.75 Å². The van der Waals surface area contributed by atoms with Gasteiger partial charge in [0.05, 0.1) is 5.57 Å². The lowest BCUT2D eigenvalue weighted by Gasteiger charge is -2.28. The molecule has 1 unspecified atom stereocenters. The van der Waals surface area contributed by atoms with E-state index >= 15 is 0 Å². The largest absolute Gasteiger partial charge is 0.478 e. The molecule has 3 nitrogen and oxygen atoms in total. The molecule has 1 heterocycles. The Morgan fingerprint density at radius 2 is 1.84 bits per heavy atom. The van der Waals surface area contributed by atoms with E-state index in [0.29, 0.717) is 17.5 Å². The van der Waals surface area contributed by atoms with E-state index in [9.17, 15) is 18.0 Å². The summed E-state index contributed by atoms with van der Waals surface area (Å²) in [6.45, 7) is 1.68. The number of hydrogen-bond donors (Lipinski definition) is 1. The zero-order valence-electron chi connectivity index (χ0n) is 13.3. The highest BCUT2D eigenvalue weighted by atomic mass is 19.4. The van der Waals surface area contributed by atoms with Crippen LogP contribution in [0.1, 0.15) is 22.3 Å². The van der Waals surface area contributed by atoms with Crippen molar-refractivity contribution in [2.24, 2.45) is 0 Å². The van der Waals surface area contributed by atoms with Crippen LogP contribution in [0.2, 0.25) is 0 Å². The molecule has 2 aromatic rings. The molecule has 0 spiro atoms. The van der Waals surface area contributed by atoms with Gasteiger partial charge in [-0.15, -0.1) is 0 Å². The summed E-state index contributed by atoms with van der Waals surface area (Å²) in [5, 5.41) is 9.07. The van der Waals surface area contributed by atoms with E-state index in [1.165, 1.54) is 0 Å². The number of aliphatic carboxylic acids is 1. The summed E-state index contributed by atoms with van der Waals surface area (Å²) in [5.41, 5.74) is 1.97. The Kier molecular flexibility index (Phi) is 4.29. The summed E-state index contributed by atoms with van der Waals surface area (Å²) in [6.07, 6.45) is -5.68. The quantitative estimate of drug-likeness (QED) is 0.896. The van der Waals surface area contributed by atoms with Crippen LogP contribution in [0.3, 0.4) is 0 Å². The normalized spacial score (nSPS) is 16.6. The van der Waals surface area contributed by atoms with Crippen molar-refractivity contribution in [1.29, 1.82) is 0 Å². The molecule has 0 aliphatic carbocycles. The molecule has 0 saturated carbocycles. The summed E-state index contributed by atoms with van der Waals surface area (Å²) >= 11 is 0. The van der Waals surface area contributed by atoms with Gasteiger partial charge in [0, 0.05) is 5.56 Å². The van der Waals surface area contributed by atoms with Crippen molar-refractivity contribution in [3.05, 3.63) is 70.3 Å². The summed E-state index contributed by atoms with van der Waals surface area (Å²) in [4.78, 5) is 11.2. The number of rotatable bonds is 3. The molecule has 1 aliphatic heterocycles. The number of ether oxygens (including phenoxy) is 1. The van der Waals surface area contributed by atoms with Crippen LogP contribution in [0, 0.1) is 6.92 Å². The van der Waals surface area contributed by atoms with Crippen LogP contribution >= 0.6 is 0 Å². The molecule has 0 aromatic heterocycles. The molecule has 2 aromatic carbocycles. The van der Waals surface area contributed by atoms with Crippen LogP contribution in [-0.4, -0.2) is 23.4 Å². The van der Waals surface area contributed by atoms with Crippen molar-refractivity contribution in [2.45, 2.75) is 25.6 Å². The van der Waals surface area contributed by atoms with E-state index in [1.807, 2.05) is 30.3 Å². The zero-order chi connectivity index (χ0) is 18.2. The Balaban J connectivity index is 2.03. The van der Waals surface area contributed by atoms with Crippen LogP contribution in [0.4, 0.5) is 13.2 Å². The van der Waals surface area contributed by atoms with E-state index in [2.05, 4.69) is 0 Å². The van der Waals surface area contributed by atoms with Gasteiger partial charge in [0.1, 0.15) is 5.75 Å². The first-order chi connectivity index (χ1) is 11.8. The number of carboxylic acid groups (broad SMARTS) is 1. The highest BCUT2D eigenvalue weighted by Crippen LogP contribution is 2.40. The molecule has 3 rings (SSSR count). The maximum Gasteiger partial charge on any atom is 0.430 e. The molecule has 0 saturated heterocycles. The maximum absolute atomic E-state index is 13.2. The molecule has 1 N–H and O–H groups in total. The fourth-order valence-electron chi connectivity index (χ4n) is 2.87. The fraction of sp³-hybridized carbons (Fsp3) is 0.211. The molecule has 0 radical (unpaired) electrons. The van der Waals surface area contributed by atoms with Crippen molar-refractivity contribution >= 4 is 12.0 Å². The Bertz CT molecular complexity index is 839. The standard InChI is InChI=1S/C19H15F3O3/c1-11-13(9-12-5-3-2-4-6-12)7-8-14-10-15(18(23)24)17(19(20,21)22)25-16(11)14/h2-8,10,17H,9H2,1H3,(H,23,24). The predicted molar refractivity (Wildman–Crippen MR) is 86.5 cm³/mol. The van der Waals surface area contributed by atoms with Crippen LogP contribution in [-0.2, 0) is 11.2 Å². The third-order valence-electron chi connectivity index (χ3n) is 4.16. The SMILES string of the molecule is Cc1c(Cc2ccccc2)ccc2c1OC(C(F)(F)F)C(C(=O)O)=C2. The zero-order valence-corrected chi connectivity index (χ0v) is 13.3. The summed E-state index contributed by atoms with van der Waals surface area (Å²) < 4.78 is 44.7. The fourth-order valence-corrected chi connectivity index (χ4v) is 2.87. The average Bonchev–Trinajstić information content (AvgIpc) is 2.56. The average molecular weight is 348 g/mol. The van der Waals surface area contributed by atoms with E-state index in [0.717, 1.165) is 17.2 Å². The number of carbonyl (C=O) groups is 1. The molecule has 0 fully saturated rings. The van der Waals surface area contributed by atoms with Gasteiger partial charge in [0.25, 0.3) is 0 Å². The van der Waals surface area contributed by atoms with Gasteiger partial charge in [-0.2, -0.15) is 13.2 Å². The third-order valence-corrected chi connectivity index (χ3v) is 4.16. The third kappa shape index (κ3) is 3.38. The number of alkyl halides is 3. The van der Waals surface area contributed by atoms with Gasteiger partial charge in [0.15, 0.2) is 0 Å². The molecule has 1 aliphatic rings. The maximum atomic E-state index is 13.2. The molecule has 25 heavy (non-hydrogen) atoms. The van der Waals surface area contributed by atoms with E-state index in [4.69, 9.17) is 9.84 Å². The van der Waals surface area contributed by atoms with Crippen molar-refractivity contribution < 1.29 is 27.8 Å². The summed E-state index contributed by atoms with van der Waals surface area (Å²) in [5.74, 6) is -1.56. The Morgan fingerprint density at radius 3 is 2.44 bits per heavy atom. The Labute approximate surface area is 142 Å². The second-order valence-corrected chi connectivity index (χ2v) is 5.87. The summed E-state index contributed by atoms with van der Waals surface area (Å²) in [6, 6.07) is 12.9. The van der Waals surface area contributed by atoms with Crippen molar-refractivity contribution in [3.63, 3.8) is 0 Å². The van der Waals surface area contributed by atoms with E-state index < -0.39 is 23.8 Å². The Morgan fingerprint density at radius 1 is 1.16 bits per heavy atom. The molecule has 0 bridgehead atoms. The number of halogens is 3. The number of fused-ring (bicyclic) bond motifs is 1. The lowest BCUT2D eigenvalue weighted by molar-refractivity contribution is -0.187. The predicted octanol–water partition coefficient (Wildman–Crippen LogP) is 4.38. The van der Waals surface area contributed by atoms with Gasteiger partial charge in [-0.05, 0) is 36.1 Å². The second-order valence-electron chi connectivity index (χ2n) is 5.87. The van der Waals surface area contributed by atoms with Crippen LogP contribution in [0.15, 0.2) is 48.0 Å². The van der Waals surface area contributed by atoms with Gasteiger partial charge < -0.3 is 9.84 Å². The minimum atomic E-state index is -4.80. The van der Waals surface area contributed by atoms with Gasteiger partial charge in [-0.25, -0.2) is 4.79 Å². The summed E-state index contributed by atoms with van der Waals surface area (Å²) in [7, 11) is 0. The van der Waals surface area contributed by atoms with E-state index in [-0.39, 0.29) is 5.75 Å². The molecule has 130 valence electrons. The molecular weight excluding hydrogens is 333 g/mol. The molecule has 0 amide bonds. The molecule has 6 heteroatoms. The first kappa shape index (κ1) is 17.1. The monoisotopic (exact) mass is 348 g/mol. The van der Waals surface area contributed by atoms with Gasteiger partial charge in [0.2, 0.25) is 6.10 Å².